The fraction of sp³-hybridized carbons (Fsp3) is 0.385. The van der Waals surface area contributed by atoms with Crippen LogP contribution in [0.1, 0.15) is 57.2 Å². The van der Waals surface area contributed by atoms with E-state index >= 15 is 0 Å². The molecule has 0 aliphatic carbocycles. The number of hydrogen-bond donors (Lipinski definition) is 2. The highest BCUT2D eigenvalue weighted by molar-refractivity contribution is 6.46. The van der Waals surface area contributed by atoms with Gasteiger partial charge in [0.25, 0.3) is 11.7 Å². The molecule has 1 atom stereocenters. The summed E-state index contributed by atoms with van der Waals surface area (Å²) in [5.74, 6) is -0.532. The molecule has 1 unspecified atom stereocenters. The number of hydrogen-bond acceptors (Lipinski definition) is 5. The van der Waals surface area contributed by atoms with Crippen molar-refractivity contribution in [2.45, 2.75) is 46.1 Å². The smallest absolute Gasteiger partial charge is 0.295 e. The second-order valence-electron chi connectivity index (χ2n) is 8.52. The van der Waals surface area contributed by atoms with Crippen LogP contribution in [0.2, 0.25) is 0 Å². The van der Waals surface area contributed by atoms with Gasteiger partial charge in [0, 0.05) is 12.1 Å². The normalized spacial score (nSPS) is 17.9. The second-order valence-corrected chi connectivity index (χ2v) is 8.52. The third-order valence-corrected chi connectivity index (χ3v) is 5.44. The van der Waals surface area contributed by atoms with E-state index in [2.05, 4.69) is 6.92 Å². The molecule has 2 aromatic carbocycles. The standard InChI is InChI=1S/C26H31NO5/c1-4-5-6-14-27-23(18-10-12-20(28)13-11-18)22(25(30)26(27)31)24(29)19-8-7-9-21(15-19)32-16-17(2)3/h7-13,15,17,23,28-29H,4-6,14,16H2,1-3H3/b24-22-. The van der Waals surface area contributed by atoms with Crippen LogP contribution in [0.5, 0.6) is 11.5 Å². The van der Waals surface area contributed by atoms with Gasteiger partial charge in [0.05, 0.1) is 18.2 Å². The number of phenolic OH excluding ortho intramolecular Hbond substituents is 1. The largest absolute Gasteiger partial charge is 0.508 e. The van der Waals surface area contributed by atoms with Gasteiger partial charge in [0.15, 0.2) is 0 Å². The Bertz CT molecular complexity index is 994. The number of aromatic hydroxyl groups is 1. The van der Waals surface area contributed by atoms with Crippen LogP contribution in [0.3, 0.4) is 0 Å². The number of amides is 1. The number of carbonyl (C=O) groups excluding carboxylic acids is 2. The van der Waals surface area contributed by atoms with Crippen LogP contribution in [0.4, 0.5) is 0 Å². The molecule has 0 saturated carbocycles. The van der Waals surface area contributed by atoms with Gasteiger partial charge in [0.2, 0.25) is 0 Å². The number of ether oxygens (including phenoxy) is 1. The summed E-state index contributed by atoms with van der Waals surface area (Å²) in [5.41, 5.74) is 1.13. The van der Waals surface area contributed by atoms with Gasteiger partial charge in [-0.1, -0.05) is 57.9 Å². The van der Waals surface area contributed by atoms with Crippen molar-refractivity contribution in [3.05, 3.63) is 65.2 Å². The van der Waals surface area contributed by atoms with E-state index in [-0.39, 0.29) is 17.1 Å². The van der Waals surface area contributed by atoms with Gasteiger partial charge in [-0.2, -0.15) is 0 Å². The molecule has 0 bridgehead atoms. The van der Waals surface area contributed by atoms with Crippen LogP contribution in [-0.4, -0.2) is 40.0 Å². The molecular weight excluding hydrogens is 406 g/mol. The molecule has 6 heteroatoms. The zero-order valence-electron chi connectivity index (χ0n) is 18.9. The van der Waals surface area contributed by atoms with Gasteiger partial charge >= 0.3 is 0 Å². The molecular formula is C26H31NO5. The lowest BCUT2D eigenvalue weighted by molar-refractivity contribution is -0.139. The minimum atomic E-state index is -0.715. The van der Waals surface area contributed by atoms with Gasteiger partial charge in [-0.3, -0.25) is 9.59 Å². The number of aliphatic hydroxyl groups excluding tert-OH is 1. The average Bonchev–Trinajstić information content (AvgIpc) is 3.03. The maximum absolute atomic E-state index is 13.0. The molecule has 1 heterocycles. The minimum absolute atomic E-state index is 0.0539. The highest BCUT2D eigenvalue weighted by Crippen LogP contribution is 2.40. The average molecular weight is 438 g/mol. The monoisotopic (exact) mass is 437 g/mol. The second kappa shape index (κ2) is 10.4. The Morgan fingerprint density at radius 3 is 2.47 bits per heavy atom. The number of aliphatic hydroxyl groups is 1. The Kier molecular flexibility index (Phi) is 7.57. The lowest BCUT2D eigenvalue weighted by Gasteiger charge is -2.25. The Hall–Kier alpha value is -3.28. The summed E-state index contributed by atoms with van der Waals surface area (Å²) in [4.78, 5) is 27.4. The molecule has 3 rings (SSSR count). The first kappa shape index (κ1) is 23.4. The summed E-state index contributed by atoms with van der Waals surface area (Å²) >= 11 is 0. The third-order valence-electron chi connectivity index (χ3n) is 5.44. The summed E-state index contributed by atoms with van der Waals surface area (Å²) in [6, 6.07) is 12.6. The van der Waals surface area contributed by atoms with Crippen molar-refractivity contribution in [2.24, 2.45) is 5.92 Å². The number of phenols is 1. The van der Waals surface area contributed by atoms with Gasteiger partial charge < -0.3 is 19.8 Å². The molecule has 1 saturated heterocycles. The van der Waals surface area contributed by atoms with E-state index in [1.54, 1.807) is 36.4 Å². The predicted molar refractivity (Wildman–Crippen MR) is 123 cm³/mol. The molecule has 1 amide bonds. The summed E-state index contributed by atoms with van der Waals surface area (Å²) < 4.78 is 5.76. The molecule has 0 spiro atoms. The molecule has 170 valence electrons. The van der Waals surface area contributed by atoms with Crippen LogP contribution in [0.25, 0.3) is 5.76 Å². The molecule has 1 aliphatic rings. The summed E-state index contributed by atoms with van der Waals surface area (Å²) in [6.07, 6.45) is 2.67. The first-order valence-electron chi connectivity index (χ1n) is 11.1. The fourth-order valence-corrected chi connectivity index (χ4v) is 3.80. The molecule has 0 radical (unpaired) electrons. The molecule has 32 heavy (non-hydrogen) atoms. The summed E-state index contributed by atoms with van der Waals surface area (Å²) in [7, 11) is 0. The number of benzene rings is 2. The van der Waals surface area contributed by atoms with Crippen molar-refractivity contribution in [2.75, 3.05) is 13.2 Å². The zero-order chi connectivity index (χ0) is 23.3. The molecule has 2 N–H and O–H groups in total. The van der Waals surface area contributed by atoms with Crippen LogP contribution in [0.15, 0.2) is 54.1 Å². The first-order chi connectivity index (χ1) is 15.3. The Balaban J connectivity index is 2.05. The van der Waals surface area contributed by atoms with E-state index in [1.807, 2.05) is 13.8 Å². The number of likely N-dealkylation sites (tertiary alicyclic amines) is 1. The van der Waals surface area contributed by atoms with Crippen molar-refractivity contribution >= 4 is 17.4 Å². The topological polar surface area (TPSA) is 87.1 Å². The molecule has 1 aliphatic heterocycles. The van der Waals surface area contributed by atoms with Gasteiger partial charge in [-0.25, -0.2) is 0 Å². The van der Waals surface area contributed by atoms with Crippen LogP contribution >= 0.6 is 0 Å². The number of unbranched alkanes of at least 4 members (excludes halogenated alkanes) is 2. The predicted octanol–water partition coefficient (Wildman–Crippen LogP) is 5.04. The van der Waals surface area contributed by atoms with Crippen molar-refractivity contribution in [1.29, 1.82) is 0 Å². The van der Waals surface area contributed by atoms with Crippen molar-refractivity contribution in [1.82, 2.24) is 4.90 Å². The van der Waals surface area contributed by atoms with Crippen LogP contribution in [-0.2, 0) is 9.59 Å². The van der Waals surface area contributed by atoms with E-state index in [4.69, 9.17) is 4.74 Å². The molecule has 0 aromatic heterocycles. The zero-order valence-corrected chi connectivity index (χ0v) is 18.9. The van der Waals surface area contributed by atoms with E-state index in [9.17, 15) is 19.8 Å². The van der Waals surface area contributed by atoms with E-state index < -0.39 is 17.7 Å². The van der Waals surface area contributed by atoms with Crippen molar-refractivity contribution in [3.63, 3.8) is 0 Å². The minimum Gasteiger partial charge on any atom is -0.508 e. The van der Waals surface area contributed by atoms with Gasteiger partial charge in [-0.15, -0.1) is 0 Å². The fourth-order valence-electron chi connectivity index (χ4n) is 3.80. The molecule has 2 aromatic rings. The number of rotatable bonds is 9. The van der Waals surface area contributed by atoms with Crippen LogP contribution < -0.4 is 4.74 Å². The number of nitrogens with zero attached hydrogens (tertiary/aromatic N) is 1. The maximum atomic E-state index is 13.0. The van der Waals surface area contributed by atoms with Gasteiger partial charge in [-0.05, 0) is 42.2 Å². The SMILES string of the molecule is CCCCCN1C(=O)C(=O)/C(=C(\O)c2cccc(OCC(C)C)c2)C1c1ccc(O)cc1. The highest BCUT2D eigenvalue weighted by atomic mass is 16.5. The van der Waals surface area contributed by atoms with Crippen molar-refractivity contribution < 1.29 is 24.5 Å². The quantitative estimate of drug-likeness (QED) is 0.248. The van der Waals surface area contributed by atoms with Crippen molar-refractivity contribution in [3.8, 4) is 11.5 Å². The highest BCUT2D eigenvalue weighted by Gasteiger charge is 2.45. The lowest BCUT2D eigenvalue weighted by atomic mass is 9.95. The van der Waals surface area contributed by atoms with E-state index in [1.165, 1.54) is 17.0 Å². The third kappa shape index (κ3) is 5.13. The lowest BCUT2D eigenvalue weighted by Crippen LogP contribution is -2.30. The summed E-state index contributed by atoms with van der Waals surface area (Å²) in [6.45, 7) is 7.10. The Labute approximate surface area is 189 Å². The number of Topliss-reactive ketones (excluding diaryl/α,β-unsaturated/α-hetero) is 1. The van der Waals surface area contributed by atoms with E-state index in [0.717, 1.165) is 19.3 Å². The molecule has 6 nitrogen and oxygen atoms in total. The Morgan fingerprint density at radius 2 is 1.81 bits per heavy atom. The number of ketones is 1. The van der Waals surface area contributed by atoms with Crippen LogP contribution in [0, 0.1) is 5.92 Å². The first-order valence-corrected chi connectivity index (χ1v) is 11.1. The van der Waals surface area contributed by atoms with Gasteiger partial charge in [0.1, 0.15) is 17.3 Å². The summed E-state index contributed by atoms with van der Waals surface area (Å²) in [5, 5.41) is 20.9. The maximum Gasteiger partial charge on any atom is 0.295 e. The molecule has 1 fully saturated rings. The Morgan fingerprint density at radius 1 is 1.09 bits per heavy atom. The van der Waals surface area contributed by atoms with E-state index in [0.29, 0.717) is 35.9 Å². The number of carbonyl (C=O) groups is 2.